The summed E-state index contributed by atoms with van der Waals surface area (Å²) in [5, 5.41) is 6.69. The summed E-state index contributed by atoms with van der Waals surface area (Å²) in [5.74, 6) is 2.12. The number of amides is 1. The molecule has 0 bridgehead atoms. The standard InChI is InChI=1S/C26H24Cl2N6O/c27-18-5-3-6-19(15-18)34-25-21(16-29-34)24(30-23(31-25)17-9-10-17)32-11-4-12-33(14-13-32)26(35)20-7-1-2-8-22(20)28/h1-3,5-8,15-17H,4,9-14H2. The number of nitrogens with zero attached hydrogens (tertiary/aromatic N) is 6. The maximum Gasteiger partial charge on any atom is 0.255 e. The molecule has 6 rings (SSSR count). The molecule has 2 aromatic heterocycles. The molecule has 1 saturated heterocycles. The van der Waals surface area contributed by atoms with Crippen molar-refractivity contribution >= 4 is 46.0 Å². The maximum absolute atomic E-state index is 13.1. The van der Waals surface area contributed by atoms with Crippen molar-refractivity contribution in [2.45, 2.75) is 25.2 Å². The average Bonchev–Trinajstić information content (AvgIpc) is 3.66. The zero-order chi connectivity index (χ0) is 23.9. The second-order valence-electron chi connectivity index (χ2n) is 9.07. The van der Waals surface area contributed by atoms with Gasteiger partial charge in [0.25, 0.3) is 5.91 Å². The fourth-order valence-electron chi connectivity index (χ4n) is 4.61. The summed E-state index contributed by atoms with van der Waals surface area (Å²) in [7, 11) is 0. The lowest BCUT2D eigenvalue weighted by molar-refractivity contribution is 0.0767. The van der Waals surface area contributed by atoms with E-state index in [1.165, 1.54) is 0 Å². The van der Waals surface area contributed by atoms with Crippen LogP contribution in [0.4, 0.5) is 5.82 Å². The van der Waals surface area contributed by atoms with E-state index >= 15 is 0 Å². The van der Waals surface area contributed by atoms with Crippen LogP contribution < -0.4 is 4.90 Å². The molecule has 4 aromatic rings. The van der Waals surface area contributed by atoms with Crippen LogP contribution in [0, 0.1) is 0 Å². The van der Waals surface area contributed by atoms with Gasteiger partial charge in [-0.15, -0.1) is 0 Å². The van der Waals surface area contributed by atoms with E-state index in [1.807, 2.05) is 52.2 Å². The minimum absolute atomic E-state index is 0.0299. The zero-order valence-electron chi connectivity index (χ0n) is 19.1. The van der Waals surface area contributed by atoms with Crippen LogP contribution >= 0.6 is 23.2 Å². The smallest absolute Gasteiger partial charge is 0.255 e. The maximum atomic E-state index is 13.1. The molecular weight excluding hydrogens is 483 g/mol. The molecule has 1 amide bonds. The Morgan fingerprint density at radius 2 is 1.80 bits per heavy atom. The van der Waals surface area contributed by atoms with Crippen molar-refractivity contribution in [1.82, 2.24) is 24.6 Å². The van der Waals surface area contributed by atoms with Gasteiger partial charge in [0.15, 0.2) is 5.65 Å². The number of anilines is 1. The average molecular weight is 507 g/mol. The van der Waals surface area contributed by atoms with E-state index < -0.39 is 0 Å². The predicted molar refractivity (Wildman–Crippen MR) is 138 cm³/mol. The van der Waals surface area contributed by atoms with Crippen molar-refractivity contribution in [2.24, 2.45) is 0 Å². The molecule has 0 unspecified atom stereocenters. The van der Waals surface area contributed by atoms with Gasteiger partial charge < -0.3 is 9.80 Å². The van der Waals surface area contributed by atoms with Gasteiger partial charge in [0.05, 0.1) is 27.9 Å². The quantitative estimate of drug-likeness (QED) is 0.373. The van der Waals surface area contributed by atoms with Crippen LogP contribution in [0.3, 0.4) is 0 Å². The predicted octanol–water partition coefficient (Wildman–Crippen LogP) is 5.35. The molecule has 2 aromatic carbocycles. The first-order valence-corrected chi connectivity index (χ1v) is 12.6. The van der Waals surface area contributed by atoms with Gasteiger partial charge in [-0.3, -0.25) is 4.79 Å². The van der Waals surface area contributed by atoms with Crippen LogP contribution in [-0.4, -0.2) is 56.7 Å². The molecule has 0 atom stereocenters. The van der Waals surface area contributed by atoms with Gasteiger partial charge in [-0.1, -0.05) is 41.4 Å². The highest BCUT2D eigenvalue weighted by Gasteiger charge is 2.30. The van der Waals surface area contributed by atoms with Crippen molar-refractivity contribution in [3.05, 3.63) is 76.2 Å². The first kappa shape index (κ1) is 22.3. The number of hydrogen-bond acceptors (Lipinski definition) is 5. The molecule has 7 nitrogen and oxygen atoms in total. The Morgan fingerprint density at radius 3 is 2.60 bits per heavy atom. The van der Waals surface area contributed by atoms with E-state index in [9.17, 15) is 4.79 Å². The summed E-state index contributed by atoms with van der Waals surface area (Å²) in [6.45, 7) is 2.74. The number of aromatic nitrogens is 4. The summed E-state index contributed by atoms with van der Waals surface area (Å²) in [6, 6.07) is 14.8. The second kappa shape index (κ2) is 9.13. The Kier molecular flexibility index (Phi) is 5.82. The molecule has 1 aliphatic carbocycles. The van der Waals surface area contributed by atoms with Crippen molar-refractivity contribution < 1.29 is 4.79 Å². The van der Waals surface area contributed by atoms with E-state index in [4.69, 9.17) is 33.2 Å². The van der Waals surface area contributed by atoms with Crippen LogP contribution in [0.5, 0.6) is 0 Å². The van der Waals surface area contributed by atoms with E-state index in [0.717, 1.165) is 54.2 Å². The summed E-state index contributed by atoms with van der Waals surface area (Å²) in [4.78, 5) is 27.2. The first-order valence-electron chi connectivity index (χ1n) is 11.9. The van der Waals surface area contributed by atoms with E-state index in [2.05, 4.69) is 10.00 Å². The molecule has 178 valence electrons. The molecule has 1 saturated carbocycles. The fraction of sp³-hybridized carbons (Fsp3) is 0.308. The van der Waals surface area contributed by atoms with Crippen LogP contribution in [0.25, 0.3) is 16.7 Å². The van der Waals surface area contributed by atoms with E-state index in [0.29, 0.717) is 41.2 Å². The molecule has 1 aliphatic heterocycles. The summed E-state index contributed by atoms with van der Waals surface area (Å²) in [5.41, 5.74) is 2.20. The van der Waals surface area contributed by atoms with Gasteiger partial charge in [0, 0.05) is 37.1 Å². The highest BCUT2D eigenvalue weighted by atomic mass is 35.5. The minimum Gasteiger partial charge on any atom is -0.354 e. The number of fused-ring (bicyclic) bond motifs is 1. The topological polar surface area (TPSA) is 67.2 Å². The molecule has 35 heavy (non-hydrogen) atoms. The van der Waals surface area contributed by atoms with Crippen molar-refractivity contribution in [3.8, 4) is 5.69 Å². The SMILES string of the molecule is O=C(c1ccccc1Cl)N1CCCN(c2nc(C3CC3)nc3c2cnn3-c2cccc(Cl)c2)CC1. The third-order valence-corrected chi connectivity index (χ3v) is 7.17. The van der Waals surface area contributed by atoms with Gasteiger partial charge in [0.1, 0.15) is 11.6 Å². The number of rotatable bonds is 4. The molecular formula is C26H24Cl2N6O. The second-order valence-corrected chi connectivity index (χ2v) is 9.91. The lowest BCUT2D eigenvalue weighted by atomic mass is 10.2. The van der Waals surface area contributed by atoms with Crippen molar-refractivity contribution in [2.75, 3.05) is 31.1 Å². The monoisotopic (exact) mass is 506 g/mol. The van der Waals surface area contributed by atoms with E-state index in [1.54, 1.807) is 12.1 Å². The van der Waals surface area contributed by atoms with Crippen LogP contribution in [0.1, 0.15) is 41.4 Å². The fourth-order valence-corrected chi connectivity index (χ4v) is 5.01. The molecule has 0 spiro atoms. The number of benzene rings is 2. The summed E-state index contributed by atoms with van der Waals surface area (Å²) < 4.78 is 1.84. The van der Waals surface area contributed by atoms with Gasteiger partial charge in [-0.2, -0.15) is 5.10 Å². The number of hydrogen-bond donors (Lipinski definition) is 0. The Bertz CT molecular complexity index is 1420. The highest BCUT2D eigenvalue weighted by molar-refractivity contribution is 6.33. The molecule has 2 aliphatic rings. The Morgan fingerprint density at radius 1 is 0.943 bits per heavy atom. The van der Waals surface area contributed by atoms with Gasteiger partial charge in [-0.05, 0) is 49.6 Å². The summed E-state index contributed by atoms with van der Waals surface area (Å²) in [6.07, 6.45) is 4.88. The molecule has 2 fully saturated rings. The minimum atomic E-state index is -0.0299. The van der Waals surface area contributed by atoms with E-state index in [-0.39, 0.29) is 5.91 Å². The zero-order valence-corrected chi connectivity index (χ0v) is 20.6. The molecule has 3 heterocycles. The molecule has 9 heteroatoms. The van der Waals surface area contributed by atoms with Crippen LogP contribution in [0.2, 0.25) is 10.0 Å². The number of carbonyl (C=O) groups excluding carboxylic acids is 1. The van der Waals surface area contributed by atoms with Gasteiger partial charge in [-0.25, -0.2) is 14.6 Å². The third-order valence-electron chi connectivity index (χ3n) is 6.61. The third kappa shape index (κ3) is 4.34. The Labute approximate surface area is 213 Å². The largest absolute Gasteiger partial charge is 0.354 e. The van der Waals surface area contributed by atoms with Crippen LogP contribution in [-0.2, 0) is 0 Å². The Hall–Kier alpha value is -3.16. The van der Waals surface area contributed by atoms with Crippen molar-refractivity contribution in [1.29, 1.82) is 0 Å². The first-order chi connectivity index (χ1) is 17.1. The normalized spacial score (nSPS) is 16.5. The van der Waals surface area contributed by atoms with Gasteiger partial charge >= 0.3 is 0 Å². The van der Waals surface area contributed by atoms with Crippen LogP contribution in [0.15, 0.2) is 54.7 Å². The molecule has 0 radical (unpaired) electrons. The number of carbonyl (C=O) groups is 1. The lowest BCUT2D eigenvalue weighted by Crippen LogP contribution is -2.35. The molecule has 0 N–H and O–H groups in total. The van der Waals surface area contributed by atoms with Gasteiger partial charge in [0.2, 0.25) is 0 Å². The lowest BCUT2D eigenvalue weighted by Gasteiger charge is -2.24. The Balaban J connectivity index is 1.33. The summed E-state index contributed by atoms with van der Waals surface area (Å²) >= 11 is 12.5. The number of halogens is 2. The highest BCUT2D eigenvalue weighted by Crippen LogP contribution is 2.40. The van der Waals surface area contributed by atoms with Crippen molar-refractivity contribution in [3.63, 3.8) is 0 Å².